The zero-order valence-corrected chi connectivity index (χ0v) is 18.1. The maximum absolute atomic E-state index is 13.0. The number of carbonyl (C=O) groups excluding carboxylic acids is 3. The molecule has 0 spiro atoms. The van der Waals surface area contributed by atoms with E-state index in [1.165, 1.54) is 52.1 Å². The third-order valence-electron chi connectivity index (χ3n) is 5.26. The molecule has 32 heavy (non-hydrogen) atoms. The maximum atomic E-state index is 13.0. The molecule has 1 aliphatic rings. The van der Waals surface area contributed by atoms with Crippen molar-refractivity contribution >= 4 is 23.4 Å². The quantitative estimate of drug-likeness (QED) is 0.701. The molecule has 0 unspecified atom stereocenters. The van der Waals surface area contributed by atoms with Gasteiger partial charge in [0.1, 0.15) is 17.9 Å². The SMILES string of the molecule is CN(C)C(=O)CN1CCN(C(=O)Cn2cccc(C(=O)Nc3ccc(F)cc3)c2=O)CC1. The van der Waals surface area contributed by atoms with Gasteiger partial charge in [-0.25, -0.2) is 4.39 Å². The number of rotatable bonds is 6. The molecule has 0 bridgehead atoms. The molecule has 0 radical (unpaired) electrons. The number of nitrogens with one attached hydrogen (secondary N) is 1. The van der Waals surface area contributed by atoms with Crippen molar-refractivity contribution < 1.29 is 18.8 Å². The van der Waals surface area contributed by atoms with Crippen LogP contribution < -0.4 is 10.9 Å². The summed E-state index contributed by atoms with van der Waals surface area (Å²) in [5.74, 6) is -1.30. The van der Waals surface area contributed by atoms with E-state index in [9.17, 15) is 23.6 Å². The minimum atomic E-state index is -0.636. The highest BCUT2D eigenvalue weighted by atomic mass is 19.1. The number of hydrogen-bond acceptors (Lipinski definition) is 5. The van der Waals surface area contributed by atoms with E-state index in [1.54, 1.807) is 19.0 Å². The van der Waals surface area contributed by atoms with Crippen molar-refractivity contribution in [2.24, 2.45) is 0 Å². The van der Waals surface area contributed by atoms with Gasteiger partial charge < -0.3 is 19.7 Å². The highest BCUT2D eigenvalue weighted by Crippen LogP contribution is 2.10. The van der Waals surface area contributed by atoms with Gasteiger partial charge in [-0.15, -0.1) is 0 Å². The van der Waals surface area contributed by atoms with Crippen LogP contribution in [0.15, 0.2) is 47.4 Å². The fraction of sp³-hybridized carbons (Fsp3) is 0.364. The fourth-order valence-electron chi connectivity index (χ4n) is 3.30. The Kier molecular flexibility index (Phi) is 7.37. The van der Waals surface area contributed by atoms with E-state index < -0.39 is 17.3 Å². The van der Waals surface area contributed by atoms with Gasteiger partial charge in [-0.05, 0) is 36.4 Å². The van der Waals surface area contributed by atoms with Crippen molar-refractivity contribution in [2.75, 3.05) is 52.1 Å². The minimum absolute atomic E-state index is 0.00653. The smallest absolute Gasteiger partial charge is 0.263 e. The van der Waals surface area contributed by atoms with Crippen LogP contribution in [0.25, 0.3) is 0 Å². The molecule has 1 aromatic carbocycles. The molecule has 10 heteroatoms. The van der Waals surface area contributed by atoms with E-state index in [1.807, 2.05) is 4.90 Å². The third-order valence-corrected chi connectivity index (χ3v) is 5.26. The Labute approximate surface area is 185 Å². The van der Waals surface area contributed by atoms with Crippen LogP contribution in [-0.4, -0.2) is 83.8 Å². The number of likely N-dealkylation sites (N-methyl/N-ethyl adjacent to an activating group) is 1. The van der Waals surface area contributed by atoms with Gasteiger partial charge in [0, 0.05) is 52.2 Å². The number of amides is 3. The van der Waals surface area contributed by atoms with Crippen LogP contribution in [0.3, 0.4) is 0 Å². The lowest BCUT2D eigenvalue weighted by molar-refractivity contribution is -0.134. The predicted molar refractivity (Wildman–Crippen MR) is 117 cm³/mol. The number of nitrogens with zero attached hydrogens (tertiary/aromatic N) is 4. The van der Waals surface area contributed by atoms with Crippen LogP contribution in [0, 0.1) is 5.82 Å². The van der Waals surface area contributed by atoms with Crippen molar-refractivity contribution in [3.63, 3.8) is 0 Å². The molecule has 2 aromatic rings. The Morgan fingerprint density at radius 1 is 1.00 bits per heavy atom. The molecule has 2 heterocycles. The number of carbonyl (C=O) groups is 3. The van der Waals surface area contributed by atoms with Crippen LogP contribution in [0.4, 0.5) is 10.1 Å². The summed E-state index contributed by atoms with van der Waals surface area (Å²) < 4.78 is 14.2. The molecular formula is C22H26FN5O4. The summed E-state index contributed by atoms with van der Waals surface area (Å²) >= 11 is 0. The molecule has 3 rings (SSSR count). The summed E-state index contributed by atoms with van der Waals surface area (Å²) in [4.78, 5) is 54.9. The van der Waals surface area contributed by atoms with Crippen LogP contribution in [0.2, 0.25) is 0 Å². The van der Waals surface area contributed by atoms with Crippen LogP contribution in [0.5, 0.6) is 0 Å². The second-order valence-corrected chi connectivity index (χ2v) is 7.76. The number of piperazine rings is 1. The average Bonchev–Trinajstić information content (AvgIpc) is 2.77. The van der Waals surface area contributed by atoms with E-state index in [-0.39, 0.29) is 23.9 Å². The maximum Gasteiger partial charge on any atom is 0.263 e. The molecule has 1 aromatic heterocycles. The largest absolute Gasteiger partial charge is 0.348 e. The van der Waals surface area contributed by atoms with Gasteiger partial charge in [-0.1, -0.05) is 0 Å². The number of hydrogen-bond donors (Lipinski definition) is 1. The second-order valence-electron chi connectivity index (χ2n) is 7.76. The highest BCUT2D eigenvalue weighted by molar-refractivity contribution is 6.04. The molecule has 170 valence electrons. The summed E-state index contributed by atoms with van der Waals surface area (Å²) in [6.45, 7) is 2.17. The fourth-order valence-corrected chi connectivity index (χ4v) is 3.30. The van der Waals surface area contributed by atoms with Crippen LogP contribution in [0.1, 0.15) is 10.4 Å². The first-order valence-electron chi connectivity index (χ1n) is 10.2. The Morgan fingerprint density at radius 3 is 2.28 bits per heavy atom. The summed E-state index contributed by atoms with van der Waals surface area (Å²) in [5.41, 5.74) is -0.347. The van der Waals surface area contributed by atoms with E-state index in [0.717, 1.165) is 0 Å². The molecule has 9 nitrogen and oxygen atoms in total. The minimum Gasteiger partial charge on any atom is -0.348 e. The number of benzene rings is 1. The molecule has 3 amide bonds. The molecule has 1 saturated heterocycles. The van der Waals surface area contributed by atoms with Crippen molar-refractivity contribution in [3.8, 4) is 0 Å². The van der Waals surface area contributed by atoms with Crippen molar-refractivity contribution in [1.82, 2.24) is 19.3 Å². The van der Waals surface area contributed by atoms with E-state index >= 15 is 0 Å². The number of aromatic nitrogens is 1. The first kappa shape index (κ1) is 23.1. The molecular weight excluding hydrogens is 417 g/mol. The van der Waals surface area contributed by atoms with Gasteiger partial charge in [0.05, 0.1) is 6.54 Å². The summed E-state index contributed by atoms with van der Waals surface area (Å²) in [5, 5.41) is 2.55. The predicted octanol–water partition coefficient (Wildman–Crippen LogP) is 0.472. The number of halogens is 1. The Bertz CT molecular complexity index is 1040. The second kappa shape index (κ2) is 10.2. The van der Waals surface area contributed by atoms with E-state index in [4.69, 9.17) is 0 Å². The monoisotopic (exact) mass is 443 g/mol. The lowest BCUT2D eigenvalue weighted by Crippen LogP contribution is -2.52. The van der Waals surface area contributed by atoms with Gasteiger partial charge in [-0.3, -0.25) is 24.1 Å². The Balaban J connectivity index is 1.60. The number of anilines is 1. The standard InChI is InChI=1S/C22H26FN5O4/c1-25(2)19(29)14-26-10-12-27(13-11-26)20(30)15-28-9-3-4-18(22(28)32)21(31)24-17-7-5-16(23)6-8-17/h3-9H,10-15H2,1-2H3,(H,24,31). The molecule has 0 aliphatic carbocycles. The van der Waals surface area contributed by atoms with E-state index in [0.29, 0.717) is 38.4 Å². The molecule has 1 fully saturated rings. The van der Waals surface area contributed by atoms with Crippen molar-refractivity contribution in [2.45, 2.75) is 6.54 Å². The van der Waals surface area contributed by atoms with Gasteiger partial charge in [0.2, 0.25) is 11.8 Å². The van der Waals surface area contributed by atoms with Crippen LogP contribution >= 0.6 is 0 Å². The van der Waals surface area contributed by atoms with Crippen molar-refractivity contribution in [3.05, 3.63) is 64.3 Å². The van der Waals surface area contributed by atoms with Gasteiger partial charge >= 0.3 is 0 Å². The van der Waals surface area contributed by atoms with Crippen LogP contribution in [-0.2, 0) is 16.1 Å². The average molecular weight is 443 g/mol. The van der Waals surface area contributed by atoms with Gasteiger partial charge in [0.25, 0.3) is 11.5 Å². The molecule has 1 aliphatic heterocycles. The van der Waals surface area contributed by atoms with Gasteiger partial charge in [-0.2, -0.15) is 0 Å². The number of pyridine rings is 1. The molecule has 1 N–H and O–H groups in total. The zero-order valence-electron chi connectivity index (χ0n) is 18.1. The Hall–Kier alpha value is -3.53. The van der Waals surface area contributed by atoms with E-state index in [2.05, 4.69) is 5.32 Å². The summed E-state index contributed by atoms with van der Waals surface area (Å²) in [6.07, 6.45) is 1.46. The molecule has 0 atom stereocenters. The lowest BCUT2D eigenvalue weighted by atomic mass is 10.2. The topological polar surface area (TPSA) is 95.0 Å². The Morgan fingerprint density at radius 2 is 1.66 bits per heavy atom. The highest BCUT2D eigenvalue weighted by Gasteiger charge is 2.23. The first-order valence-corrected chi connectivity index (χ1v) is 10.2. The first-order chi connectivity index (χ1) is 15.2. The summed E-state index contributed by atoms with van der Waals surface area (Å²) in [6, 6.07) is 8.09. The van der Waals surface area contributed by atoms with Gasteiger partial charge in [0.15, 0.2) is 0 Å². The normalized spacial score (nSPS) is 14.2. The molecule has 0 saturated carbocycles. The summed E-state index contributed by atoms with van der Waals surface area (Å²) in [7, 11) is 3.40. The zero-order chi connectivity index (χ0) is 23.3. The lowest BCUT2D eigenvalue weighted by Gasteiger charge is -2.34. The third kappa shape index (κ3) is 5.79. The van der Waals surface area contributed by atoms with Crippen molar-refractivity contribution in [1.29, 1.82) is 0 Å².